The lowest BCUT2D eigenvalue weighted by atomic mass is 10.3. The summed E-state index contributed by atoms with van der Waals surface area (Å²) in [6, 6.07) is 1.86. The minimum absolute atomic E-state index is 0.456. The summed E-state index contributed by atoms with van der Waals surface area (Å²) in [6.45, 7) is 0.547. The van der Waals surface area contributed by atoms with E-state index in [-0.39, 0.29) is 0 Å². The smallest absolute Gasteiger partial charge is 0.245 e. The van der Waals surface area contributed by atoms with Crippen LogP contribution in [0.2, 0.25) is 0 Å². The zero-order chi connectivity index (χ0) is 14.7. The predicted molar refractivity (Wildman–Crippen MR) is 77.4 cm³/mol. The SMILES string of the molecule is COc1ncnc2c1nc(CCCl)n2Cc1ccncn1. The van der Waals surface area contributed by atoms with Crippen LogP contribution in [0.15, 0.2) is 24.9 Å². The second-order valence-corrected chi connectivity index (χ2v) is 4.69. The largest absolute Gasteiger partial charge is 0.479 e. The van der Waals surface area contributed by atoms with E-state index in [1.807, 2.05) is 10.6 Å². The number of aromatic nitrogens is 6. The van der Waals surface area contributed by atoms with Gasteiger partial charge in [-0.15, -0.1) is 11.6 Å². The Bertz CT molecular complexity index is 745. The van der Waals surface area contributed by atoms with Gasteiger partial charge in [-0.2, -0.15) is 4.98 Å². The molecule has 0 amide bonds. The molecule has 0 aliphatic carbocycles. The first-order chi connectivity index (χ1) is 10.3. The number of hydrogen-bond donors (Lipinski definition) is 0. The van der Waals surface area contributed by atoms with Crippen LogP contribution < -0.4 is 4.74 Å². The summed E-state index contributed by atoms with van der Waals surface area (Å²) >= 11 is 5.87. The van der Waals surface area contributed by atoms with Crippen LogP contribution >= 0.6 is 11.6 Å². The van der Waals surface area contributed by atoms with Gasteiger partial charge in [-0.25, -0.2) is 19.9 Å². The molecule has 3 heterocycles. The van der Waals surface area contributed by atoms with Gasteiger partial charge in [-0.3, -0.25) is 0 Å². The fraction of sp³-hybridized carbons (Fsp3) is 0.308. The van der Waals surface area contributed by atoms with Crippen LogP contribution in [-0.4, -0.2) is 42.5 Å². The average Bonchev–Trinajstić information content (AvgIpc) is 2.87. The van der Waals surface area contributed by atoms with Crippen molar-refractivity contribution in [3.05, 3.63) is 36.4 Å². The molecule has 0 atom stereocenters. The molecule has 0 aliphatic heterocycles. The Morgan fingerprint density at radius 2 is 2.14 bits per heavy atom. The number of ether oxygens (including phenoxy) is 1. The Labute approximate surface area is 126 Å². The van der Waals surface area contributed by atoms with Crippen LogP contribution in [-0.2, 0) is 13.0 Å². The number of methoxy groups -OCH3 is 1. The van der Waals surface area contributed by atoms with Crippen LogP contribution in [0.5, 0.6) is 5.88 Å². The highest BCUT2D eigenvalue weighted by atomic mass is 35.5. The average molecular weight is 305 g/mol. The van der Waals surface area contributed by atoms with Gasteiger partial charge in [-0.1, -0.05) is 0 Å². The number of imidazole rings is 1. The fourth-order valence-electron chi connectivity index (χ4n) is 2.13. The maximum atomic E-state index is 5.87. The second kappa shape index (κ2) is 6.01. The first-order valence-corrected chi connectivity index (χ1v) is 6.92. The Hall–Kier alpha value is -2.28. The van der Waals surface area contributed by atoms with Gasteiger partial charge in [0.05, 0.1) is 19.3 Å². The molecule has 108 valence electrons. The maximum Gasteiger partial charge on any atom is 0.245 e. The molecule has 0 saturated carbocycles. The highest BCUT2D eigenvalue weighted by Gasteiger charge is 2.16. The molecule has 0 fully saturated rings. The number of rotatable bonds is 5. The van der Waals surface area contributed by atoms with Crippen molar-refractivity contribution in [2.45, 2.75) is 13.0 Å². The molecule has 0 unspecified atom stereocenters. The first-order valence-electron chi connectivity index (χ1n) is 6.38. The van der Waals surface area contributed by atoms with E-state index in [1.54, 1.807) is 13.3 Å². The van der Waals surface area contributed by atoms with Crippen LogP contribution in [0.4, 0.5) is 0 Å². The quantitative estimate of drug-likeness (QED) is 0.664. The van der Waals surface area contributed by atoms with Crippen molar-refractivity contribution >= 4 is 22.8 Å². The second-order valence-electron chi connectivity index (χ2n) is 4.31. The number of fused-ring (bicyclic) bond motifs is 1. The van der Waals surface area contributed by atoms with Crippen LogP contribution in [0.3, 0.4) is 0 Å². The summed E-state index contributed by atoms with van der Waals surface area (Å²) in [5.74, 6) is 1.76. The highest BCUT2D eigenvalue weighted by molar-refractivity contribution is 6.17. The van der Waals surface area contributed by atoms with Gasteiger partial charge in [0.2, 0.25) is 5.88 Å². The monoisotopic (exact) mass is 304 g/mol. The molecular formula is C13H13ClN6O. The molecule has 3 rings (SSSR count). The molecule has 7 nitrogen and oxygen atoms in total. The van der Waals surface area contributed by atoms with E-state index in [1.165, 1.54) is 12.7 Å². The van der Waals surface area contributed by atoms with Gasteiger partial charge in [-0.05, 0) is 6.07 Å². The van der Waals surface area contributed by atoms with Crippen LogP contribution in [0.25, 0.3) is 11.2 Å². The zero-order valence-electron chi connectivity index (χ0n) is 11.4. The molecule has 0 bridgehead atoms. The summed E-state index contributed by atoms with van der Waals surface area (Å²) in [7, 11) is 1.56. The number of halogens is 1. The molecular weight excluding hydrogens is 292 g/mol. The van der Waals surface area contributed by atoms with Crippen molar-refractivity contribution in [1.82, 2.24) is 29.5 Å². The van der Waals surface area contributed by atoms with E-state index in [0.29, 0.717) is 35.9 Å². The molecule has 0 spiro atoms. The molecule has 21 heavy (non-hydrogen) atoms. The third kappa shape index (κ3) is 2.64. The number of alkyl halides is 1. The summed E-state index contributed by atoms with van der Waals surface area (Å²) in [4.78, 5) is 21.1. The van der Waals surface area contributed by atoms with Gasteiger partial charge in [0.25, 0.3) is 0 Å². The molecule has 0 saturated heterocycles. The van der Waals surface area contributed by atoms with Gasteiger partial charge >= 0.3 is 0 Å². The van der Waals surface area contributed by atoms with Gasteiger partial charge in [0.1, 0.15) is 18.5 Å². The Morgan fingerprint density at radius 1 is 1.24 bits per heavy atom. The molecule has 0 aromatic carbocycles. The summed E-state index contributed by atoms with van der Waals surface area (Å²) in [6.07, 6.45) is 5.32. The molecule has 8 heteroatoms. The third-order valence-electron chi connectivity index (χ3n) is 3.05. The zero-order valence-corrected chi connectivity index (χ0v) is 12.2. The lowest BCUT2D eigenvalue weighted by Gasteiger charge is -2.07. The topological polar surface area (TPSA) is 78.6 Å². The molecule has 0 N–H and O–H groups in total. The lowest BCUT2D eigenvalue weighted by Crippen LogP contribution is -2.08. The normalized spacial score (nSPS) is 11.0. The van der Waals surface area contributed by atoms with E-state index < -0.39 is 0 Å². The minimum atomic E-state index is 0.456. The van der Waals surface area contributed by atoms with E-state index >= 15 is 0 Å². The third-order valence-corrected chi connectivity index (χ3v) is 3.24. The first kappa shape index (κ1) is 13.7. The Balaban J connectivity index is 2.12. The number of nitrogens with zero attached hydrogens (tertiary/aromatic N) is 6. The van der Waals surface area contributed by atoms with Crippen molar-refractivity contribution in [2.24, 2.45) is 0 Å². The van der Waals surface area contributed by atoms with E-state index in [0.717, 1.165) is 11.5 Å². The molecule has 0 aliphatic rings. The lowest BCUT2D eigenvalue weighted by molar-refractivity contribution is 0.401. The van der Waals surface area contributed by atoms with Gasteiger partial charge in [0.15, 0.2) is 11.2 Å². The molecule has 0 radical (unpaired) electrons. The maximum absolute atomic E-state index is 5.87. The van der Waals surface area contributed by atoms with Crippen molar-refractivity contribution in [3.63, 3.8) is 0 Å². The van der Waals surface area contributed by atoms with Crippen LogP contribution in [0.1, 0.15) is 11.5 Å². The highest BCUT2D eigenvalue weighted by Crippen LogP contribution is 2.22. The minimum Gasteiger partial charge on any atom is -0.479 e. The van der Waals surface area contributed by atoms with Crippen molar-refractivity contribution in [2.75, 3.05) is 13.0 Å². The number of aryl methyl sites for hydroxylation is 1. The van der Waals surface area contributed by atoms with Gasteiger partial charge < -0.3 is 9.30 Å². The standard InChI is InChI=1S/C13H13ClN6O/c1-21-13-11-12(17-8-18-13)20(10(19-11)2-4-14)6-9-3-5-15-7-16-9/h3,5,7-8H,2,4,6H2,1H3. The van der Waals surface area contributed by atoms with E-state index in [2.05, 4.69) is 24.9 Å². The predicted octanol–water partition coefficient (Wildman–Crippen LogP) is 1.45. The van der Waals surface area contributed by atoms with E-state index in [9.17, 15) is 0 Å². The van der Waals surface area contributed by atoms with Crippen molar-refractivity contribution < 1.29 is 4.74 Å². The summed E-state index contributed by atoms with van der Waals surface area (Å²) in [5, 5.41) is 0. The van der Waals surface area contributed by atoms with Gasteiger partial charge in [0, 0.05) is 18.5 Å². The summed E-state index contributed by atoms with van der Waals surface area (Å²) < 4.78 is 7.22. The molecule has 3 aromatic heterocycles. The summed E-state index contributed by atoms with van der Waals surface area (Å²) in [5.41, 5.74) is 2.22. The fourth-order valence-corrected chi connectivity index (χ4v) is 2.29. The Morgan fingerprint density at radius 3 is 2.86 bits per heavy atom. The number of hydrogen-bond acceptors (Lipinski definition) is 6. The Kier molecular flexibility index (Phi) is 3.92. The van der Waals surface area contributed by atoms with Crippen molar-refractivity contribution in [1.29, 1.82) is 0 Å². The van der Waals surface area contributed by atoms with Crippen molar-refractivity contribution in [3.8, 4) is 5.88 Å². The van der Waals surface area contributed by atoms with E-state index in [4.69, 9.17) is 16.3 Å². The molecule has 3 aromatic rings. The van der Waals surface area contributed by atoms with Crippen LogP contribution in [0, 0.1) is 0 Å².